The van der Waals surface area contributed by atoms with Crippen LogP contribution < -0.4 is 3.20 Å². The Hall–Kier alpha value is -1.09. The van der Waals surface area contributed by atoms with Crippen molar-refractivity contribution in [1.29, 1.82) is 0 Å². The second-order valence-electron chi connectivity index (χ2n) is 12.8. The fourth-order valence-electron chi connectivity index (χ4n) is 7.47. The molecule has 4 rings (SSSR count). The predicted molar refractivity (Wildman–Crippen MR) is 210 cm³/mol. The molecule has 4 aromatic rings. The first-order valence-electron chi connectivity index (χ1n) is 18.0. The summed E-state index contributed by atoms with van der Waals surface area (Å²) in [6, 6.07) is 17.1. The first-order chi connectivity index (χ1) is 23.5. The van der Waals surface area contributed by atoms with Crippen LogP contribution >= 0.6 is 53.9 Å². The molecule has 0 amide bonds. The summed E-state index contributed by atoms with van der Waals surface area (Å²) in [5.74, 6) is 1.23. The SMILES string of the molecule is CCC(CC)c1cccc(C(CC)CC)c1-n1c(Cl)c(Cl)n(-c2c(C(CC)CC)cccc2C(CC)CC)[c]1=[Pd]([Cl])([Cl])[n+]1cccc(Cl)c1. The average molecular weight is 861 g/mol. The number of rotatable bonds is 15. The zero-order chi connectivity index (χ0) is 36.0. The van der Waals surface area contributed by atoms with Crippen LogP contribution in [0.1, 0.15) is 153 Å². The maximum absolute atomic E-state index is 7.91. The first-order valence-corrected chi connectivity index (χ1v) is 24.6. The van der Waals surface area contributed by atoms with Gasteiger partial charge in [-0.15, -0.1) is 0 Å². The van der Waals surface area contributed by atoms with Crippen LogP contribution in [0.4, 0.5) is 0 Å². The molecule has 49 heavy (non-hydrogen) atoms. The van der Waals surface area contributed by atoms with E-state index in [1.54, 1.807) is 0 Å². The Morgan fingerprint density at radius 1 is 0.531 bits per heavy atom. The van der Waals surface area contributed by atoms with Crippen LogP contribution in [0.2, 0.25) is 15.3 Å². The standard InChI is InChI=1S/C35H50Cl2N2.C5H4ClN.2ClH.Pd/c1-9-24(10-2)28-19-17-20-29(25(11-3)12-4)32(28)38-23-39(35(37)34(38)36)33-30(26(13-5)14-6)21-18-22-31(33)27(15-7)16-8;6-5-2-1-3-7-4-5;;;/h17-22,24-27H,9-16H2,1-8H3;1-4H;2*1H;/q;;;;+3/p-2. The number of nitrogens with zero attached hydrogens (tertiary/aromatic N) is 3. The minimum atomic E-state index is -3.89. The van der Waals surface area contributed by atoms with Crippen LogP contribution in [-0.4, -0.2) is 9.13 Å². The van der Waals surface area contributed by atoms with E-state index in [1.165, 1.54) is 22.3 Å². The molecule has 0 fully saturated rings. The van der Waals surface area contributed by atoms with Gasteiger partial charge in [-0.1, -0.05) is 0 Å². The summed E-state index contributed by atoms with van der Waals surface area (Å²) >= 11 is 18.0. The van der Waals surface area contributed by atoms with Gasteiger partial charge in [0.2, 0.25) is 0 Å². The van der Waals surface area contributed by atoms with Gasteiger partial charge in [0.1, 0.15) is 0 Å². The van der Waals surface area contributed by atoms with E-state index in [0.29, 0.717) is 42.9 Å². The predicted octanol–water partition coefficient (Wildman–Crippen LogP) is 14.6. The molecule has 0 radical (unpaired) electrons. The zero-order valence-electron chi connectivity index (χ0n) is 30.3. The third-order valence-electron chi connectivity index (χ3n) is 10.3. The van der Waals surface area contributed by atoms with Gasteiger partial charge in [0.15, 0.2) is 0 Å². The van der Waals surface area contributed by atoms with Gasteiger partial charge < -0.3 is 0 Å². The molecule has 0 atom stereocenters. The fraction of sp³-hybridized carbons (Fsp3) is 0.500. The number of para-hydroxylation sites is 2. The van der Waals surface area contributed by atoms with Crippen molar-refractivity contribution in [3.63, 3.8) is 0 Å². The number of benzene rings is 2. The van der Waals surface area contributed by atoms with Gasteiger partial charge in [-0.25, -0.2) is 0 Å². The van der Waals surface area contributed by atoms with Crippen LogP contribution in [0.15, 0.2) is 60.9 Å². The molecule has 2 aromatic heterocycles. The molecule has 2 aromatic carbocycles. The summed E-state index contributed by atoms with van der Waals surface area (Å²) in [5.41, 5.74) is 7.06. The number of aromatic nitrogens is 3. The van der Waals surface area contributed by atoms with Gasteiger partial charge in [-0.05, 0) is 0 Å². The topological polar surface area (TPSA) is 13.7 Å². The monoisotopic (exact) mass is 857 g/mol. The van der Waals surface area contributed by atoms with Crippen molar-refractivity contribution >= 4 is 53.9 Å². The molecular formula is C40H54Cl5N3Pd+. The van der Waals surface area contributed by atoms with Gasteiger partial charge in [0.25, 0.3) is 0 Å². The summed E-state index contributed by atoms with van der Waals surface area (Å²) in [6.07, 6.45) is 11.6. The molecular weight excluding hydrogens is 806 g/mol. The Kier molecular flexibility index (Phi) is 15.0. The van der Waals surface area contributed by atoms with E-state index in [9.17, 15) is 0 Å². The molecule has 0 aliphatic rings. The van der Waals surface area contributed by atoms with Crippen molar-refractivity contribution in [2.45, 2.75) is 130 Å². The normalized spacial score (nSPS) is 12.7. The quantitative estimate of drug-likeness (QED) is 0.106. The molecule has 2 heterocycles. The van der Waals surface area contributed by atoms with Gasteiger partial charge in [-0.3, -0.25) is 0 Å². The average Bonchev–Trinajstić information content (AvgIpc) is 3.37. The van der Waals surface area contributed by atoms with E-state index in [-0.39, 0.29) is 0 Å². The van der Waals surface area contributed by atoms with Gasteiger partial charge in [0, 0.05) is 0 Å². The van der Waals surface area contributed by atoms with E-state index < -0.39 is 13.3 Å². The molecule has 0 saturated carbocycles. The Labute approximate surface area is 321 Å². The molecule has 273 valence electrons. The number of pyridine rings is 1. The molecule has 3 nitrogen and oxygen atoms in total. The minimum absolute atomic E-state index is 0.307. The maximum atomic E-state index is 7.91. The second-order valence-corrected chi connectivity index (χ2v) is 21.9. The Balaban J connectivity index is 2.45. The van der Waals surface area contributed by atoms with E-state index in [4.69, 9.17) is 53.9 Å². The second kappa shape index (κ2) is 18.1. The van der Waals surface area contributed by atoms with E-state index in [0.717, 1.165) is 62.7 Å². The zero-order valence-corrected chi connectivity index (χ0v) is 35.6. The number of hydrogen-bond acceptors (Lipinski definition) is 0. The van der Waals surface area contributed by atoms with Crippen molar-refractivity contribution < 1.29 is 16.5 Å². The molecule has 0 unspecified atom stereocenters. The molecule has 9 heteroatoms. The van der Waals surface area contributed by atoms with E-state index in [2.05, 4.69) is 101 Å². The van der Waals surface area contributed by atoms with E-state index >= 15 is 0 Å². The fourth-order valence-corrected chi connectivity index (χ4v) is 13.3. The molecule has 0 saturated heterocycles. The third-order valence-corrected chi connectivity index (χ3v) is 17.1. The molecule has 0 aliphatic heterocycles. The van der Waals surface area contributed by atoms with Crippen molar-refractivity contribution in [3.8, 4) is 11.4 Å². The van der Waals surface area contributed by atoms with Crippen LogP contribution in [-0.2, 0) is 13.3 Å². The molecule has 0 N–H and O–H groups in total. The number of hydrogen-bond donors (Lipinski definition) is 0. The van der Waals surface area contributed by atoms with Crippen LogP contribution in [0.25, 0.3) is 11.4 Å². The molecule has 0 spiro atoms. The number of halogens is 5. The van der Waals surface area contributed by atoms with Crippen molar-refractivity contribution in [2.75, 3.05) is 0 Å². The summed E-state index contributed by atoms with van der Waals surface area (Å²) < 4.78 is 6.87. The van der Waals surface area contributed by atoms with Crippen molar-refractivity contribution in [1.82, 2.24) is 9.13 Å². The van der Waals surface area contributed by atoms with Crippen molar-refractivity contribution in [2.24, 2.45) is 0 Å². The van der Waals surface area contributed by atoms with E-state index in [1.807, 2.05) is 27.7 Å². The van der Waals surface area contributed by atoms with Gasteiger partial charge in [0.05, 0.1) is 0 Å². The first kappa shape index (κ1) is 40.7. The van der Waals surface area contributed by atoms with Crippen LogP contribution in [0.5, 0.6) is 0 Å². The summed E-state index contributed by atoms with van der Waals surface area (Å²) in [5, 5.41) is 1.39. The summed E-state index contributed by atoms with van der Waals surface area (Å²) in [4.78, 5) is 0. The Morgan fingerprint density at radius 2 is 0.857 bits per heavy atom. The molecule has 0 aliphatic carbocycles. The summed E-state index contributed by atoms with van der Waals surface area (Å²) in [7, 11) is 15.8. The molecule has 0 bridgehead atoms. The number of imidazole rings is 1. The van der Waals surface area contributed by atoms with Gasteiger partial charge in [-0.2, -0.15) is 0 Å². The Morgan fingerprint density at radius 3 is 1.14 bits per heavy atom. The van der Waals surface area contributed by atoms with Gasteiger partial charge >= 0.3 is 324 Å². The third kappa shape index (κ3) is 7.98. The van der Waals surface area contributed by atoms with Crippen molar-refractivity contribution in [3.05, 3.63) is 102 Å². The van der Waals surface area contributed by atoms with Crippen LogP contribution in [0, 0.1) is 3.89 Å². The summed E-state index contributed by atoms with van der Waals surface area (Å²) in [6.45, 7) is 18.0. The Bertz CT molecular complexity index is 1650. The van der Waals surface area contributed by atoms with Crippen LogP contribution in [0.3, 0.4) is 0 Å².